The fourth-order valence-corrected chi connectivity index (χ4v) is 3.66. The van der Waals surface area contributed by atoms with Crippen LogP contribution in [0, 0.1) is 10.8 Å². The molecular formula is C14H18O8. The van der Waals surface area contributed by atoms with E-state index in [2.05, 4.69) is 0 Å². The van der Waals surface area contributed by atoms with E-state index in [0.717, 1.165) is 13.8 Å². The first-order valence-corrected chi connectivity index (χ1v) is 6.95. The molecule has 0 spiro atoms. The summed E-state index contributed by atoms with van der Waals surface area (Å²) in [6.07, 6.45) is -2.31. The number of hydrogen-bond donors (Lipinski definition) is 2. The van der Waals surface area contributed by atoms with Gasteiger partial charge in [0.1, 0.15) is 23.0 Å². The van der Waals surface area contributed by atoms with Crippen LogP contribution >= 0.6 is 0 Å². The van der Waals surface area contributed by atoms with Crippen LogP contribution in [-0.4, -0.2) is 46.3 Å². The summed E-state index contributed by atoms with van der Waals surface area (Å²) < 4.78 is 10.2. The smallest absolute Gasteiger partial charge is 0.313 e. The fourth-order valence-electron chi connectivity index (χ4n) is 3.66. The molecule has 8 heteroatoms. The third kappa shape index (κ3) is 2.32. The zero-order valence-electron chi connectivity index (χ0n) is 12.3. The number of hydrogen-bond acceptors (Lipinski definition) is 6. The Morgan fingerprint density at radius 2 is 1.14 bits per heavy atom. The van der Waals surface area contributed by atoms with E-state index in [1.54, 1.807) is 0 Å². The van der Waals surface area contributed by atoms with Crippen LogP contribution in [-0.2, 0) is 28.7 Å². The maximum Gasteiger partial charge on any atom is 0.313 e. The molecule has 4 unspecified atom stereocenters. The van der Waals surface area contributed by atoms with Crippen molar-refractivity contribution in [1.82, 2.24) is 0 Å². The first kappa shape index (κ1) is 16.3. The lowest BCUT2D eigenvalue weighted by atomic mass is 9.50. The van der Waals surface area contributed by atoms with Crippen LogP contribution in [0.15, 0.2) is 0 Å². The van der Waals surface area contributed by atoms with E-state index in [9.17, 15) is 29.4 Å². The van der Waals surface area contributed by atoms with Gasteiger partial charge in [0.15, 0.2) is 0 Å². The van der Waals surface area contributed by atoms with Crippen LogP contribution < -0.4 is 0 Å². The second-order valence-electron chi connectivity index (χ2n) is 6.03. The zero-order valence-corrected chi connectivity index (χ0v) is 12.3. The van der Waals surface area contributed by atoms with Gasteiger partial charge in [0.2, 0.25) is 0 Å². The third-order valence-electron chi connectivity index (χ3n) is 4.82. The lowest BCUT2D eigenvalue weighted by Crippen LogP contribution is -2.65. The van der Waals surface area contributed by atoms with Gasteiger partial charge >= 0.3 is 23.9 Å². The Labute approximate surface area is 126 Å². The second kappa shape index (κ2) is 5.26. The van der Waals surface area contributed by atoms with Gasteiger partial charge in [-0.15, -0.1) is 0 Å². The summed E-state index contributed by atoms with van der Waals surface area (Å²) in [5, 5.41) is 19.2. The normalized spacial score (nSPS) is 36.5. The largest absolute Gasteiger partial charge is 0.481 e. The van der Waals surface area contributed by atoms with E-state index in [0.29, 0.717) is 0 Å². The third-order valence-corrected chi connectivity index (χ3v) is 4.82. The van der Waals surface area contributed by atoms with Gasteiger partial charge in [0.25, 0.3) is 0 Å². The van der Waals surface area contributed by atoms with Crippen LogP contribution in [0.1, 0.15) is 39.5 Å². The summed E-state index contributed by atoms with van der Waals surface area (Å²) in [5.74, 6) is -3.67. The van der Waals surface area contributed by atoms with Gasteiger partial charge in [-0.1, -0.05) is 0 Å². The summed E-state index contributed by atoms with van der Waals surface area (Å²) in [7, 11) is 0. The molecular weight excluding hydrogens is 296 g/mol. The maximum atomic E-state index is 11.8. The molecule has 4 atom stereocenters. The van der Waals surface area contributed by atoms with Crippen molar-refractivity contribution in [3.8, 4) is 0 Å². The number of rotatable bonds is 4. The Morgan fingerprint density at radius 1 is 0.818 bits per heavy atom. The van der Waals surface area contributed by atoms with Crippen LogP contribution in [0.4, 0.5) is 0 Å². The number of carbonyl (C=O) groups excluding carboxylic acids is 2. The van der Waals surface area contributed by atoms with E-state index in [-0.39, 0.29) is 25.7 Å². The van der Waals surface area contributed by atoms with E-state index in [1.807, 2.05) is 0 Å². The van der Waals surface area contributed by atoms with E-state index in [4.69, 9.17) is 9.47 Å². The van der Waals surface area contributed by atoms with Crippen molar-refractivity contribution in [1.29, 1.82) is 0 Å². The fraction of sp³-hybridized carbons (Fsp3) is 0.714. The Kier molecular flexibility index (Phi) is 3.88. The average molecular weight is 314 g/mol. The number of aliphatic carboxylic acids is 2. The number of esters is 2. The van der Waals surface area contributed by atoms with E-state index >= 15 is 0 Å². The van der Waals surface area contributed by atoms with Crippen molar-refractivity contribution in [3.63, 3.8) is 0 Å². The summed E-state index contributed by atoms with van der Waals surface area (Å²) in [4.78, 5) is 46.0. The molecule has 0 aromatic carbocycles. The first-order valence-electron chi connectivity index (χ1n) is 6.95. The molecule has 122 valence electrons. The van der Waals surface area contributed by atoms with E-state index in [1.165, 1.54) is 0 Å². The predicted octanol–water partition coefficient (Wildman–Crippen LogP) is 0.579. The van der Waals surface area contributed by atoms with Crippen molar-refractivity contribution in [2.24, 2.45) is 10.8 Å². The summed E-state index contributed by atoms with van der Waals surface area (Å²) in [5.41, 5.74) is -2.83. The van der Waals surface area contributed by atoms with Crippen molar-refractivity contribution in [2.75, 3.05) is 0 Å². The Morgan fingerprint density at radius 3 is 1.36 bits per heavy atom. The molecule has 3 rings (SSSR count). The van der Waals surface area contributed by atoms with Crippen molar-refractivity contribution in [3.05, 3.63) is 0 Å². The monoisotopic (exact) mass is 314 g/mol. The zero-order chi connectivity index (χ0) is 16.7. The molecule has 3 saturated carbocycles. The molecule has 0 radical (unpaired) electrons. The minimum absolute atomic E-state index is 0.0599. The first-order chi connectivity index (χ1) is 10.1. The molecule has 2 bridgehead atoms. The van der Waals surface area contributed by atoms with Crippen LogP contribution in [0.2, 0.25) is 0 Å². The number of carboxylic acid groups (broad SMARTS) is 2. The molecule has 3 fully saturated rings. The average Bonchev–Trinajstić information content (AvgIpc) is 2.38. The maximum absolute atomic E-state index is 11.8. The Hall–Kier alpha value is -2.12. The van der Waals surface area contributed by atoms with Gasteiger partial charge in [-0.2, -0.15) is 0 Å². The number of carbonyl (C=O) groups is 4. The molecule has 3 aliphatic rings. The highest BCUT2D eigenvalue weighted by molar-refractivity contribution is 5.82. The van der Waals surface area contributed by atoms with Gasteiger partial charge in [-0.25, -0.2) is 0 Å². The summed E-state index contributed by atoms with van der Waals surface area (Å²) in [6.45, 7) is 2.30. The standard InChI is InChI=1S/C14H18O8/c1-7(15)21-9-5-14(12(19)20)4-3-13(9,11(17)18)6-10(14)22-8(2)16/h9-10H,3-6H2,1-2H3,(H,17,18)(H,19,20). The number of carboxylic acids is 2. The van der Waals surface area contributed by atoms with Gasteiger partial charge in [0, 0.05) is 26.7 Å². The number of ether oxygens (including phenoxy) is 2. The van der Waals surface area contributed by atoms with Crippen LogP contribution in [0.25, 0.3) is 0 Å². The molecule has 8 nitrogen and oxygen atoms in total. The molecule has 22 heavy (non-hydrogen) atoms. The van der Waals surface area contributed by atoms with Crippen molar-refractivity contribution in [2.45, 2.75) is 51.7 Å². The Balaban J connectivity index is 2.44. The van der Waals surface area contributed by atoms with Crippen LogP contribution in [0.3, 0.4) is 0 Å². The van der Waals surface area contributed by atoms with Crippen molar-refractivity contribution >= 4 is 23.9 Å². The predicted molar refractivity (Wildman–Crippen MR) is 69.7 cm³/mol. The quantitative estimate of drug-likeness (QED) is 0.721. The molecule has 0 saturated heterocycles. The van der Waals surface area contributed by atoms with Crippen molar-refractivity contribution < 1.29 is 38.9 Å². The molecule has 0 aromatic rings. The number of fused-ring (bicyclic) bond motifs is 3. The SMILES string of the molecule is CC(=O)OC1CC2(C(=O)O)CCC1(C(=O)O)CC2OC(C)=O. The summed E-state index contributed by atoms with van der Waals surface area (Å²) >= 11 is 0. The molecule has 0 amide bonds. The van der Waals surface area contributed by atoms with E-state index < -0.39 is 46.9 Å². The molecule has 0 aromatic heterocycles. The molecule has 0 aliphatic heterocycles. The topological polar surface area (TPSA) is 127 Å². The molecule has 2 N–H and O–H groups in total. The van der Waals surface area contributed by atoms with Gasteiger partial charge in [-0.3, -0.25) is 19.2 Å². The van der Waals surface area contributed by atoms with Gasteiger partial charge in [-0.05, 0) is 12.8 Å². The lowest BCUT2D eigenvalue weighted by Gasteiger charge is -2.55. The highest BCUT2D eigenvalue weighted by Crippen LogP contribution is 2.59. The second-order valence-corrected chi connectivity index (χ2v) is 6.03. The van der Waals surface area contributed by atoms with Gasteiger partial charge < -0.3 is 19.7 Å². The molecule has 0 heterocycles. The summed E-state index contributed by atoms with van der Waals surface area (Å²) in [6, 6.07) is 0. The lowest BCUT2D eigenvalue weighted by molar-refractivity contribution is -0.225. The van der Waals surface area contributed by atoms with Gasteiger partial charge in [0.05, 0.1) is 0 Å². The van der Waals surface area contributed by atoms with Crippen LogP contribution in [0.5, 0.6) is 0 Å². The molecule has 3 aliphatic carbocycles. The highest BCUT2D eigenvalue weighted by Gasteiger charge is 2.68. The highest BCUT2D eigenvalue weighted by atomic mass is 16.6. The minimum Gasteiger partial charge on any atom is -0.481 e. The Bertz CT molecular complexity index is 493. The minimum atomic E-state index is -1.41.